The number of phenols is 1. The summed E-state index contributed by atoms with van der Waals surface area (Å²) in [5.74, 6) is -0.565. The standard InChI is InChI=1S/C21H18F3N3O3S/c1-11(13-4-2-3-5-14(13)21(22,23)24)30-17-9-18(31-19(17)20(25)29)27-10-26-15-7-6-12(28)8-16(15)27/h2-9,11,26,28H,10H2,1H3,(H2,25,29)/t11-/m1/s1. The number of rotatable bonds is 5. The lowest BCUT2D eigenvalue weighted by molar-refractivity contribution is -0.138. The molecule has 0 radical (unpaired) electrons. The van der Waals surface area contributed by atoms with Crippen molar-refractivity contribution in [2.24, 2.45) is 5.73 Å². The molecule has 2 heterocycles. The SMILES string of the molecule is C[C@@H](Oc1cc(N2CNc3ccc(O)cc32)sc1C(N)=O)c1ccccc1C(F)(F)F. The molecule has 0 spiro atoms. The van der Waals surface area contributed by atoms with Gasteiger partial charge in [0.1, 0.15) is 27.5 Å². The second-order valence-corrected chi connectivity index (χ2v) is 7.98. The summed E-state index contributed by atoms with van der Waals surface area (Å²) in [4.78, 5) is 13.9. The summed E-state index contributed by atoms with van der Waals surface area (Å²) >= 11 is 1.06. The van der Waals surface area contributed by atoms with Gasteiger partial charge < -0.3 is 25.8 Å². The van der Waals surface area contributed by atoms with Gasteiger partial charge in [-0.2, -0.15) is 13.2 Å². The van der Waals surface area contributed by atoms with Crippen LogP contribution in [0.15, 0.2) is 48.5 Å². The number of amides is 1. The number of alkyl halides is 3. The van der Waals surface area contributed by atoms with Crippen LogP contribution in [0.1, 0.15) is 33.8 Å². The number of fused-ring (bicyclic) bond motifs is 1. The highest BCUT2D eigenvalue weighted by atomic mass is 32.1. The highest BCUT2D eigenvalue weighted by molar-refractivity contribution is 7.18. The number of primary amides is 1. The summed E-state index contributed by atoms with van der Waals surface area (Å²) in [6.45, 7) is 1.86. The smallest absolute Gasteiger partial charge is 0.416 e. The molecule has 0 aliphatic carbocycles. The average molecular weight is 449 g/mol. The van der Waals surface area contributed by atoms with E-state index in [1.165, 1.54) is 25.1 Å². The minimum absolute atomic E-state index is 0.0451. The van der Waals surface area contributed by atoms with Crippen molar-refractivity contribution in [3.8, 4) is 11.5 Å². The second kappa shape index (κ2) is 7.69. The number of hydrogen-bond acceptors (Lipinski definition) is 6. The summed E-state index contributed by atoms with van der Waals surface area (Å²) in [5, 5.41) is 13.6. The molecule has 0 fully saturated rings. The largest absolute Gasteiger partial charge is 0.508 e. The molecule has 1 atom stereocenters. The van der Waals surface area contributed by atoms with Crippen molar-refractivity contribution in [2.45, 2.75) is 19.2 Å². The maximum Gasteiger partial charge on any atom is 0.416 e. The Hall–Kier alpha value is -3.40. The predicted molar refractivity (Wildman–Crippen MR) is 112 cm³/mol. The highest BCUT2D eigenvalue weighted by Crippen LogP contribution is 2.45. The Morgan fingerprint density at radius 1 is 1.26 bits per heavy atom. The van der Waals surface area contributed by atoms with Gasteiger partial charge in [-0.25, -0.2) is 0 Å². The van der Waals surface area contributed by atoms with Crippen LogP contribution < -0.4 is 20.7 Å². The van der Waals surface area contributed by atoms with Gasteiger partial charge in [0.05, 0.1) is 23.6 Å². The Labute approximate surface area is 179 Å². The van der Waals surface area contributed by atoms with E-state index >= 15 is 0 Å². The first-order valence-electron chi connectivity index (χ1n) is 9.26. The van der Waals surface area contributed by atoms with E-state index in [-0.39, 0.29) is 21.9 Å². The molecule has 2 aromatic carbocycles. The number of nitrogens with two attached hydrogens (primary N) is 1. The maximum absolute atomic E-state index is 13.4. The molecule has 1 aromatic heterocycles. The normalized spacial score (nSPS) is 14.1. The molecule has 4 N–H and O–H groups in total. The van der Waals surface area contributed by atoms with Crippen LogP contribution in [0.25, 0.3) is 0 Å². The third-order valence-electron chi connectivity index (χ3n) is 4.88. The fourth-order valence-corrected chi connectivity index (χ4v) is 4.41. The predicted octanol–water partition coefficient (Wildman–Crippen LogP) is 5.23. The van der Waals surface area contributed by atoms with Crippen molar-refractivity contribution in [1.29, 1.82) is 0 Å². The van der Waals surface area contributed by atoms with E-state index in [9.17, 15) is 23.1 Å². The number of halogens is 3. The van der Waals surface area contributed by atoms with E-state index in [2.05, 4.69) is 5.32 Å². The number of nitrogens with one attached hydrogen (secondary N) is 1. The zero-order chi connectivity index (χ0) is 22.3. The maximum atomic E-state index is 13.4. The topological polar surface area (TPSA) is 87.8 Å². The number of anilines is 3. The number of benzene rings is 2. The van der Waals surface area contributed by atoms with Crippen LogP contribution in [0.3, 0.4) is 0 Å². The van der Waals surface area contributed by atoms with Gasteiger partial charge in [-0.15, -0.1) is 11.3 Å². The minimum Gasteiger partial charge on any atom is -0.508 e. The van der Waals surface area contributed by atoms with Gasteiger partial charge >= 0.3 is 6.18 Å². The fourth-order valence-electron chi connectivity index (χ4n) is 3.46. The number of thiophene rings is 1. The van der Waals surface area contributed by atoms with Crippen molar-refractivity contribution < 1.29 is 27.8 Å². The third kappa shape index (κ3) is 3.98. The lowest BCUT2D eigenvalue weighted by atomic mass is 10.0. The fraction of sp³-hybridized carbons (Fsp3) is 0.190. The van der Waals surface area contributed by atoms with Crippen LogP contribution in [-0.4, -0.2) is 17.7 Å². The monoisotopic (exact) mass is 449 g/mol. The molecule has 0 unspecified atom stereocenters. The quantitative estimate of drug-likeness (QED) is 0.464. The number of hydrogen-bond donors (Lipinski definition) is 3. The van der Waals surface area contributed by atoms with Crippen LogP contribution in [0.4, 0.5) is 29.5 Å². The Morgan fingerprint density at radius 3 is 2.71 bits per heavy atom. The van der Waals surface area contributed by atoms with Crippen LogP contribution in [0.5, 0.6) is 11.5 Å². The zero-order valence-corrected chi connectivity index (χ0v) is 17.1. The molecule has 1 amide bonds. The number of carbonyl (C=O) groups excluding carboxylic acids is 1. The van der Waals surface area contributed by atoms with Crippen molar-refractivity contribution in [3.63, 3.8) is 0 Å². The molecule has 0 bridgehead atoms. The van der Waals surface area contributed by atoms with Crippen LogP contribution >= 0.6 is 11.3 Å². The zero-order valence-electron chi connectivity index (χ0n) is 16.2. The molecule has 0 saturated carbocycles. The van der Waals surface area contributed by atoms with Crippen molar-refractivity contribution >= 4 is 33.6 Å². The molecule has 31 heavy (non-hydrogen) atoms. The first-order valence-corrected chi connectivity index (χ1v) is 10.1. The van der Waals surface area contributed by atoms with Crippen LogP contribution in [-0.2, 0) is 6.18 Å². The lowest BCUT2D eigenvalue weighted by Gasteiger charge is -2.19. The van der Waals surface area contributed by atoms with E-state index in [1.54, 1.807) is 24.3 Å². The molecule has 10 heteroatoms. The number of phenolic OH excluding ortho intramolecular Hbond substituents is 1. The van der Waals surface area contributed by atoms with E-state index in [0.717, 1.165) is 23.1 Å². The molecule has 162 valence electrons. The number of aromatic hydroxyl groups is 1. The Kier molecular flexibility index (Phi) is 5.18. The molecular weight excluding hydrogens is 431 g/mol. The first kappa shape index (κ1) is 20.9. The van der Waals surface area contributed by atoms with E-state index < -0.39 is 23.8 Å². The van der Waals surface area contributed by atoms with Gasteiger partial charge in [0.2, 0.25) is 0 Å². The second-order valence-electron chi connectivity index (χ2n) is 6.95. The summed E-state index contributed by atoms with van der Waals surface area (Å²) in [6, 6.07) is 11.5. The van der Waals surface area contributed by atoms with Crippen molar-refractivity contribution in [2.75, 3.05) is 16.9 Å². The van der Waals surface area contributed by atoms with Crippen LogP contribution in [0, 0.1) is 0 Å². The van der Waals surface area contributed by atoms with Gasteiger partial charge in [-0.05, 0) is 25.1 Å². The lowest BCUT2D eigenvalue weighted by Crippen LogP contribution is -2.15. The van der Waals surface area contributed by atoms with Gasteiger partial charge in [0.25, 0.3) is 5.91 Å². The van der Waals surface area contributed by atoms with E-state index in [4.69, 9.17) is 10.5 Å². The van der Waals surface area contributed by atoms with Gasteiger partial charge in [-0.1, -0.05) is 18.2 Å². The summed E-state index contributed by atoms with van der Waals surface area (Å²) in [5.41, 5.74) is 6.14. The molecule has 4 rings (SSSR count). The molecule has 6 nitrogen and oxygen atoms in total. The van der Waals surface area contributed by atoms with E-state index in [0.29, 0.717) is 17.4 Å². The number of nitrogens with zero attached hydrogens (tertiary/aromatic N) is 1. The third-order valence-corrected chi connectivity index (χ3v) is 6.04. The average Bonchev–Trinajstić information content (AvgIpc) is 3.31. The van der Waals surface area contributed by atoms with Crippen LogP contribution in [0.2, 0.25) is 0 Å². The number of ether oxygens (including phenoxy) is 1. The molecule has 3 aromatic rings. The molecule has 1 aliphatic heterocycles. The van der Waals surface area contributed by atoms with Gasteiger partial charge in [0, 0.05) is 17.7 Å². The van der Waals surface area contributed by atoms with Gasteiger partial charge in [0.15, 0.2) is 0 Å². The Bertz CT molecular complexity index is 1150. The molecule has 1 aliphatic rings. The number of carbonyl (C=O) groups is 1. The summed E-state index contributed by atoms with van der Waals surface area (Å²) < 4.78 is 45.9. The first-order chi connectivity index (χ1) is 14.6. The summed E-state index contributed by atoms with van der Waals surface area (Å²) in [7, 11) is 0. The highest BCUT2D eigenvalue weighted by Gasteiger charge is 2.35. The molecule has 0 saturated heterocycles. The molecular formula is C21H18F3N3O3S. The van der Waals surface area contributed by atoms with Crippen molar-refractivity contribution in [3.05, 3.63) is 64.5 Å². The Balaban J connectivity index is 1.68. The van der Waals surface area contributed by atoms with E-state index in [1.807, 2.05) is 4.90 Å². The minimum atomic E-state index is -4.53. The Morgan fingerprint density at radius 2 is 2.00 bits per heavy atom. The van der Waals surface area contributed by atoms with Crippen molar-refractivity contribution in [1.82, 2.24) is 0 Å². The van der Waals surface area contributed by atoms with Gasteiger partial charge in [-0.3, -0.25) is 4.79 Å². The summed E-state index contributed by atoms with van der Waals surface area (Å²) in [6.07, 6.45) is -5.51.